The molecule has 10 heteroatoms. The summed E-state index contributed by atoms with van der Waals surface area (Å²) in [4.78, 5) is 27.6. The van der Waals surface area contributed by atoms with Gasteiger partial charge in [0.25, 0.3) is 5.91 Å². The van der Waals surface area contributed by atoms with Gasteiger partial charge in [-0.3, -0.25) is 14.5 Å². The SMILES string of the molecule is CC(=NNC(=O)C1CCN(Cc2ccc(F)cc2Cl)CC1)c1ccc(NC(=O)C(C)Oc2ccc(Cl)cc2C)cc1. The third-order valence-corrected chi connectivity index (χ3v) is 7.67. The van der Waals surface area contributed by atoms with Crippen molar-refractivity contribution < 1.29 is 18.7 Å². The number of aryl methyl sites for hydroxylation is 1. The van der Waals surface area contributed by atoms with E-state index in [2.05, 4.69) is 20.7 Å². The lowest BCUT2D eigenvalue weighted by Crippen LogP contribution is -2.39. The van der Waals surface area contributed by atoms with Gasteiger partial charge in [-0.25, -0.2) is 9.82 Å². The van der Waals surface area contributed by atoms with Gasteiger partial charge >= 0.3 is 0 Å². The highest BCUT2D eigenvalue weighted by Crippen LogP contribution is 2.24. The van der Waals surface area contributed by atoms with E-state index in [1.807, 2.05) is 26.0 Å². The maximum Gasteiger partial charge on any atom is 0.265 e. The Kier molecular flexibility index (Phi) is 10.4. The molecule has 7 nitrogen and oxygen atoms in total. The van der Waals surface area contributed by atoms with Crippen molar-refractivity contribution in [3.05, 3.63) is 93.2 Å². The van der Waals surface area contributed by atoms with E-state index < -0.39 is 6.10 Å². The Labute approximate surface area is 249 Å². The Balaban J connectivity index is 1.23. The number of carbonyl (C=O) groups excluding carboxylic acids is 2. The van der Waals surface area contributed by atoms with Crippen LogP contribution in [0.2, 0.25) is 10.0 Å². The zero-order valence-corrected chi connectivity index (χ0v) is 24.7. The molecule has 3 aromatic rings. The zero-order valence-electron chi connectivity index (χ0n) is 23.2. The zero-order chi connectivity index (χ0) is 29.5. The van der Waals surface area contributed by atoms with Gasteiger partial charge < -0.3 is 10.1 Å². The van der Waals surface area contributed by atoms with E-state index in [0.29, 0.717) is 46.6 Å². The predicted molar refractivity (Wildman–Crippen MR) is 161 cm³/mol. The number of nitrogens with one attached hydrogen (secondary N) is 2. The number of halogens is 3. The van der Waals surface area contributed by atoms with Gasteiger partial charge in [0.1, 0.15) is 11.6 Å². The van der Waals surface area contributed by atoms with E-state index in [0.717, 1.165) is 29.8 Å². The van der Waals surface area contributed by atoms with Crippen molar-refractivity contribution in [3.63, 3.8) is 0 Å². The maximum absolute atomic E-state index is 13.3. The number of hydrogen-bond donors (Lipinski definition) is 2. The summed E-state index contributed by atoms with van der Waals surface area (Å²) in [7, 11) is 0. The van der Waals surface area contributed by atoms with E-state index in [1.165, 1.54) is 12.1 Å². The number of rotatable bonds is 9. The number of hydrogen-bond acceptors (Lipinski definition) is 5. The summed E-state index contributed by atoms with van der Waals surface area (Å²) in [6.45, 7) is 7.47. The highest BCUT2D eigenvalue weighted by atomic mass is 35.5. The van der Waals surface area contributed by atoms with Crippen LogP contribution in [0.1, 0.15) is 43.4 Å². The van der Waals surface area contributed by atoms with Gasteiger partial charge in [-0.05, 0) is 106 Å². The molecular weight excluding hydrogens is 566 g/mol. The number of ether oxygens (including phenoxy) is 1. The van der Waals surface area contributed by atoms with Crippen LogP contribution >= 0.6 is 23.2 Å². The molecule has 1 fully saturated rings. The van der Waals surface area contributed by atoms with Gasteiger partial charge in [-0.2, -0.15) is 5.10 Å². The summed E-state index contributed by atoms with van der Waals surface area (Å²) in [6.07, 6.45) is 0.696. The van der Waals surface area contributed by atoms with Crippen LogP contribution < -0.4 is 15.5 Å². The third-order valence-electron chi connectivity index (χ3n) is 7.08. The lowest BCUT2D eigenvalue weighted by molar-refractivity contribution is -0.126. The Hall–Kier alpha value is -3.46. The average Bonchev–Trinajstić information content (AvgIpc) is 2.95. The second-order valence-electron chi connectivity index (χ2n) is 10.2. The van der Waals surface area contributed by atoms with Gasteiger partial charge in [0.15, 0.2) is 6.10 Å². The molecule has 0 bridgehead atoms. The topological polar surface area (TPSA) is 83.0 Å². The van der Waals surface area contributed by atoms with Crippen molar-refractivity contribution in [2.45, 2.75) is 46.3 Å². The van der Waals surface area contributed by atoms with Crippen LogP contribution in [0.5, 0.6) is 5.75 Å². The second kappa shape index (κ2) is 13.9. The molecule has 3 aromatic carbocycles. The summed E-state index contributed by atoms with van der Waals surface area (Å²) >= 11 is 12.1. The van der Waals surface area contributed by atoms with Gasteiger partial charge in [0, 0.05) is 28.2 Å². The first-order valence-corrected chi connectivity index (χ1v) is 14.2. The van der Waals surface area contributed by atoms with Crippen molar-refractivity contribution in [1.29, 1.82) is 0 Å². The Morgan fingerprint density at radius 1 is 1.07 bits per heavy atom. The molecule has 0 spiro atoms. The number of likely N-dealkylation sites (tertiary alicyclic amines) is 1. The van der Waals surface area contributed by atoms with Crippen LogP contribution in [-0.2, 0) is 16.1 Å². The monoisotopic (exact) mass is 598 g/mol. The minimum Gasteiger partial charge on any atom is -0.481 e. The van der Waals surface area contributed by atoms with E-state index in [1.54, 1.807) is 43.3 Å². The van der Waals surface area contributed by atoms with Crippen molar-refractivity contribution in [3.8, 4) is 5.75 Å². The van der Waals surface area contributed by atoms with Crippen LogP contribution in [0.15, 0.2) is 65.8 Å². The number of amides is 2. The Morgan fingerprint density at radius 3 is 2.44 bits per heavy atom. The molecule has 4 rings (SSSR count). The summed E-state index contributed by atoms with van der Waals surface area (Å²) in [5.74, 6) is -0.283. The molecule has 2 N–H and O–H groups in total. The normalized spacial score (nSPS) is 15.3. The molecule has 216 valence electrons. The summed E-state index contributed by atoms with van der Waals surface area (Å²) in [6, 6.07) is 16.9. The molecule has 0 aromatic heterocycles. The third kappa shape index (κ3) is 8.52. The fraction of sp³-hybridized carbons (Fsp3) is 0.323. The lowest BCUT2D eigenvalue weighted by atomic mass is 9.96. The molecular formula is C31H33Cl2FN4O3. The van der Waals surface area contributed by atoms with Crippen LogP contribution in [0.25, 0.3) is 0 Å². The van der Waals surface area contributed by atoms with Crippen LogP contribution in [0.4, 0.5) is 10.1 Å². The molecule has 1 aliphatic rings. The minimum atomic E-state index is -0.708. The molecule has 0 saturated carbocycles. The number of carbonyl (C=O) groups is 2. The standard InChI is InChI=1S/C31H33Cl2FN4O3/c1-19-16-25(32)7-11-29(19)41-21(3)30(39)35-27-9-5-22(6-10-27)20(2)36-37-31(40)23-12-14-38(15-13-23)18-24-4-8-26(34)17-28(24)33/h4-11,16-17,21,23H,12-15,18H2,1-3H3,(H,35,39)(H,37,40). The molecule has 0 radical (unpaired) electrons. The van der Waals surface area contributed by atoms with Gasteiger partial charge in [0.2, 0.25) is 5.91 Å². The first kappa shape index (κ1) is 30.5. The number of nitrogens with zero attached hydrogens (tertiary/aromatic N) is 2. The molecule has 1 heterocycles. The molecule has 1 unspecified atom stereocenters. The van der Waals surface area contributed by atoms with Crippen molar-refractivity contribution in [2.24, 2.45) is 11.0 Å². The number of anilines is 1. The molecule has 2 amide bonds. The first-order chi connectivity index (χ1) is 19.6. The van der Waals surface area contributed by atoms with E-state index >= 15 is 0 Å². The fourth-order valence-electron chi connectivity index (χ4n) is 4.57. The fourth-order valence-corrected chi connectivity index (χ4v) is 5.02. The van der Waals surface area contributed by atoms with Crippen LogP contribution in [0, 0.1) is 18.7 Å². The molecule has 1 aliphatic heterocycles. The van der Waals surface area contributed by atoms with E-state index in [9.17, 15) is 14.0 Å². The number of piperidine rings is 1. The van der Waals surface area contributed by atoms with Crippen molar-refractivity contribution in [2.75, 3.05) is 18.4 Å². The predicted octanol–water partition coefficient (Wildman–Crippen LogP) is 6.60. The number of benzene rings is 3. The lowest BCUT2D eigenvalue weighted by Gasteiger charge is -2.31. The van der Waals surface area contributed by atoms with Gasteiger partial charge in [0.05, 0.1) is 5.71 Å². The Bertz CT molecular complexity index is 1420. The van der Waals surface area contributed by atoms with E-state index in [4.69, 9.17) is 27.9 Å². The minimum absolute atomic E-state index is 0.113. The van der Waals surface area contributed by atoms with Gasteiger partial charge in [-0.15, -0.1) is 0 Å². The highest BCUT2D eigenvalue weighted by Gasteiger charge is 2.25. The van der Waals surface area contributed by atoms with Crippen molar-refractivity contribution in [1.82, 2.24) is 10.3 Å². The van der Waals surface area contributed by atoms with Gasteiger partial charge in [-0.1, -0.05) is 41.4 Å². The molecule has 0 aliphatic carbocycles. The Morgan fingerprint density at radius 2 is 1.78 bits per heavy atom. The number of hydrazone groups is 1. The quantitative estimate of drug-likeness (QED) is 0.215. The first-order valence-electron chi connectivity index (χ1n) is 13.4. The maximum atomic E-state index is 13.3. The average molecular weight is 600 g/mol. The smallest absolute Gasteiger partial charge is 0.265 e. The van der Waals surface area contributed by atoms with Crippen LogP contribution in [-0.4, -0.2) is 41.6 Å². The molecule has 41 heavy (non-hydrogen) atoms. The molecule has 1 atom stereocenters. The second-order valence-corrected chi connectivity index (χ2v) is 11.0. The van der Waals surface area contributed by atoms with Crippen LogP contribution in [0.3, 0.4) is 0 Å². The summed E-state index contributed by atoms with van der Waals surface area (Å²) < 4.78 is 19.1. The molecule has 1 saturated heterocycles. The van der Waals surface area contributed by atoms with E-state index in [-0.39, 0.29) is 23.5 Å². The summed E-state index contributed by atoms with van der Waals surface area (Å²) in [5.41, 5.74) is 6.50. The highest BCUT2D eigenvalue weighted by molar-refractivity contribution is 6.31. The van der Waals surface area contributed by atoms with Crippen molar-refractivity contribution >= 4 is 46.4 Å². The largest absolute Gasteiger partial charge is 0.481 e. The summed E-state index contributed by atoms with van der Waals surface area (Å²) in [5, 5.41) is 8.16.